The number of aliphatic hydroxyl groups excluding tert-OH is 4. The van der Waals surface area contributed by atoms with Crippen molar-refractivity contribution in [2.75, 3.05) is 37.7 Å². The van der Waals surface area contributed by atoms with Crippen molar-refractivity contribution in [2.24, 2.45) is 5.29 Å². The molecule has 0 bridgehead atoms. The number of rotatable bonds is 19. The lowest BCUT2D eigenvalue weighted by molar-refractivity contribution is -0.438. The molecule has 3 aliphatic heterocycles. The average Bonchev–Trinajstić information content (AvgIpc) is 3.69. The third-order valence-electron chi connectivity index (χ3n) is 14.1. The molecule has 0 aliphatic carbocycles. The first-order valence-corrected chi connectivity index (χ1v) is 27.3. The van der Waals surface area contributed by atoms with E-state index in [1.54, 1.807) is 18.2 Å². The van der Waals surface area contributed by atoms with E-state index in [4.69, 9.17) is 4.74 Å². The van der Waals surface area contributed by atoms with E-state index < -0.39 is 74.3 Å². The largest absolute Gasteiger partial charge is 0.394 e. The molecule has 5 unspecified atom stereocenters. The molecule has 74 heavy (non-hydrogen) atoms. The van der Waals surface area contributed by atoms with E-state index in [2.05, 4.69) is 60.0 Å². The smallest absolute Gasteiger partial charge is 0.340 e. The summed E-state index contributed by atoms with van der Waals surface area (Å²) in [6.07, 6.45) is 5.83. The first kappa shape index (κ1) is 55.8. The molecular formula is C52H65N6O14S2+. The van der Waals surface area contributed by atoms with Crippen LogP contribution in [0.5, 0.6) is 0 Å². The van der Waals surface area contributed by atoms with Crippen molar-refractivity contribution < 1.29 is 65.3 Å². The van der Waals surface area contributed by atoms with Gasteiger partial charge in [-0.3, -0.25) is 13.9 Å². The number of hydrogen-bond donors (Lipinski definition) is 8. The Bertz CT molecular complexity index is 3210. The lowest BCUT2D eigenvalue weighted by Gasteiger charge is -2.40. The van der Waals surface area contributed by atoms with Crippen LogP contribution in [0.4, 0.5) is 16.2 Å². The number of fused-ring (bicyclic) bond motifs is 6. The number of nitroso groups, excluding NO2 is 1. The molecule has 0 aromatic heterocycles. The minimum Gasteiger partial charge on any atom is -0.394 e. The van der Waals surface area contributed by atoms with Crippen LogP contribution in [0.2, 0.25) is 0 Å². The molecule has 8 N–H and O–H groups in total. The van der Waals surface area contributed by atoms with Gasteiger partial charge in [-0.1, -0.05) is 74.9 Å². The molecule has 1 fully saturated rings. The van der Waals surface area contributed by atoms with E-state index in [0.717, 1.165) is 51.0 Å². The van der Waals surface area contributed by atoms with Gasteiger partial charge in [0, 0.05) is 65.8 Å². The van der Waals surface area contributed by atoms with E-state index >= 15 is 0 Å². The van der Waals surface area contributed by atoms with Gasteiger partial charge in [-0.15, -0.1) is 4.91 Å². The maximum absolute atomic E-state index is 12.9. The molecular weight excluding hydrogens is 997 g/mol. The Hall–Kier alpha value is -5.95. The van der Waals surface area contributed by atoms with Crippen LogP contribution in [-0.4, -0.2) is 137 Å². The predicted octanol–water partition coefficient (Wildman–Crippen LogP) is 5.54. The molecule has 4 aromatic carbocycles. The summed E-state index contributed by atoms with van der Waals surface area (Å²) in [6.45, 7) is 12.2. The molecule has 0 saturated carbocycles. The lowest BCUT2D eigenvalue weighted by atomic mass is 9.78. The number of hydrogen-bond acceptors (Lipinski definition) is 14. The molecule has 4 aromatic rings. The second kappa shape index (κ2) is 22.1. The minimum absolute atomic E-state index is 0.0947. The Kier molecular flexibility index (Phi) is 16.7. The number of aliphatic hydroxyl groups is 4. The summed E-state index contributed by atoms with van der Waals surface area (Å²) < 4.78 is 77.7. The first-order chi connectivity index (χ1) is 34.9. The van der Waals surface area contributed by atoms with Gasteiger partial charge in [0.2, 0.25) is 11.6 Å². The maximum atomic E-state index is 12.9. The summed E-state index contributed by atoms with van der Waals surface area (Å²) in [6, 6.07) is 12.9. The number of unbranched alkanes of at least 4 members (excludes halogenated alkanes) is 2. The SMILES string of the molecule is CCCN1/C(=C/C=C/C=C/C2=[N+](CCCCCC(=O)NCCN(N=O)C(=O)NC3C(O)OC(CO)C(O)C3O)c3cc(S(=O)(=O)O)c4ccc(C)cc4c3C2(C)C)C(C)(C)c2c1ccc1ccc(S(=O)(=O)O)cc21. The number of urea groups is 1. The predicted molar refractivity (Wildman–Crippen MR) is 278 cm³/mol. The minimum atomic E-state index is -4.66. The van der Waals surface area contributed by atoms with Crippen LogP contribution >= 0.6 is 0 Å². The van der Waals surface area contributed by atoms with Gasteiger partial charge in [-0.25, -0.2) is 4.79 Å². The van der Waals surface area contributed by atoms with Crippen molar-refractivity contribution >= 4 is 70.8 Å². The topological polar surface area (TPSA) is 296 Å². The summed E-state index contributed by atoms with van der Waals surface area (Å²) >= 11 is 0. The molecule has 398 valence electrons. The van der Waals surface area contributed by atoms with Crippen LogP contribution in [0, 0.1) is 11.8 Å². The Morgan fingerprint density at radius 1 is 0.865 bits per heavy atom. The average molecular weight is 1060 g/mol. The quantitative estimate of drug-likeness (QED) is 0.0143. The number of anilines is 1. The van der Waals surface area contributed by atoms with E-state index in [-0.39, 0.29) is 35.2 Å². The third kappa shape index (κ3) is 11.2. The second-order valence-electron chi connectivity index (χ2n) is 19.9. The Morgan fingerprint density at radius 3 is 2.27 bits per heavy atom. The second-order valence-corrected chi connectivity index (χ2v) is 22.7. The summed E-state index contributed by atoms with van der Waals surface area (Å²) in [5.74, 6) is -0.368. The zero-order chi connectivity index (χ0) is 54.1. The number of nitrogens with one attached hydrogen (secondary N) is 2. The zero-order valence-corrected chi connectivity index (χ0v) is 43.7. The van der Waals surface area contributed by atoms with Crippen molar-refractivity contribution in [2.45, 2.75) is 125 Å². The highest BCUT2D eigenvalue weighted by atomic mass is 32.2. The molecule has 20 nitrogen and oxygen atoms in total. The lowest BCUT2D eigenvalue weighted by Crippen LogP contribution is -2.65. The Balaban J connectivity index is 1.08. The maximum Gasteiger partial charge on any atom is 0.340 e. The van der Waals surface area contributed by atoms with Crippen LogP contribution in [0.1, 0.15) is 83.4 Å². The van der Waals surface area contributed by atoms with E-state index in [0.29, 0.717) is 53.8 Å². The van der Waals surface area contributed by atoms with Gasteiger partial charge in [-0.05, 0) is 86.0 Å². The highest BCUT2D eigenvalue weighted by Crippen LogP contribution is 2.51. The molecule has 3 amide bonds. The molecule has 3 aliphatic rings. The number of aryl methyl sites for hydroxylation is 1. The summed E-state index contributed by atoms with van der Waals surface area (Å²) in [4.78, 5) is 38.9. The molecule has 7 rings (SSSR count). The van der Waals surface area contributed by atoms with Crippen molar-refractivity contribution in [3.63, 3.8) is 0 Å². The number of nitrogens with zero attached hydrogens (tertiary/aromatic N) is 4. The highest BCUT2D eigenvalue weighted by molar-refractivity contribution is 7.86. The zero-order valence-electron chi connectivity index (χ0n) is 42.1. The van der Waals surface area contributed by atoms with E-state index in [1.807, 2.05) is 55.5 Å². The van der Waals surface area contributed by atoms with Crippen molar-refractivity contribution in [1.29, 1.82) is 0 Å². The first-order valence-electron chi connectivity index (χ1n) is 24.4. The summed E-state index contributed by atoms with van der Waals surface area (Å²) in [5.41, 5.74) is 4.96. The number of ether oxygens (including phenoxy) is 1. The molecule has 22 heteroatoms. The van der Waals surface area contributed by atoms with Crippen LogP contribution in [0.25, 0.3) is 21.5 Å². The third-order valence-corrected chi connectivity index (χ3v) is 15.8. The van der Waals surface area contributed by atoms with Crippen molar-refractivity contribution in [3.8, 4) is 0 Å². The van der Waals surface area contributed by atoms with Crippen LogP contribution in [0.15, 0.2) is 106 Å². The van der Waals surface area contributed by atoms with E-state index in [9.17, 15) is 60.9 Å². The van der Waals surface area contributed by atoms with Gasteiger partial charge in [0.05, 0.1) is 28.7 Å². The molecule has 5 atom stereocenters. The number of carbonyl (C=O) groups excluding carboxylic acids is 2. The fourth-order valence-electron chi connectivity index (χ4n) is 10.5. The van der Waals surface area contributed by atoms with Gasteiger partial charge in [0.1, 0.15) is 35.8 Å². The molecule has 3 heterocycles. The molecule has 0 spiro atoms. The van der Waals surface area contributed by atoms with Gasteiger partial charge < -0.3 is 40.7 Å². The number of benzene rings is 4. The highest BCUT2D eigenvalue weighted by Gasteiger charge is 2.48. The summed E-state index contributed by atoms with van der Waals surface area (Å²) in [7, 11) is -9.09. The van der Waals surface area contributed by atoms with E-state index in [1.165, 1.54) is 18.2 Å². The Labute approximate surface area is 430 Å². The van der Waals surface area contributed by atoms with Gasteiger partial charge in [0.25, 0.3) is 20.2 Å². The monoisotopic (exact) mass is 1060 g/mol. The number of carbonyl (C=O) groups is 2. The van der Waals surface area contributed by atoms with Gasteiger partial charge in [0.15, 0.2) is 12.0 Å². The fourth-order valence-corrected chi connectivity index (χ4v) is 11.7. The van der Waals surface area contributed by atoms with Crippen LogP contribution < -0.4 is 15.5 Å². The van der Waals surface area contributed by atoms with Crippen molar-refractivity contribution in [3.05, 3.63) is 112 Å². The molecule has 0 radical (unpaired) electrons. The van der Waals surface area contributed by atoms with Crippen LogP contribution in [0.3, 0.4) is 0 Å². The van der Waals surface area contributed by atoms with Crippen molar-refractivity contribution in [1.82, 2.24) is 15.6 Å². The van der Waals surface area contributed by atoms with Gasteiger partial charge in [-0.2, -0.15) is 26.4 Å². The normalized spacial score (nSPS) is 22.0. The molecule has 1 saturated heterocycles. The summed E-state index contributed by atoms with van der Waals surface area (Å²) in [5, 5.41) is 50.5. The van der Waals surface area contributed by atoms with Crippen LogP contribution in [-0.2, 0) is 40.6 Å². The van der Waals surface area contributed by atoms with Gasteiger partial charge >= 0.3 is 6.03 Å². The number of amides is 3. The fraction of sp³-hybridized carbons (Fsp3) is 0.442. The standard InChI is InChI=1S/C52H64N6O14S2/c1-7-24-56-37-22-19-32-18-20-33(73(66,67)68)28-35(32)44(37)51(3,4)41(56)14-10-8-11-15-42-52(5,6)45-36-27-31(2)17-21-34(36)40(74(69,70)71)29-38(45)57(42)25-13-9-12-16-43(60)53-23-26-58(55-65)50(64)54-46-48(62)47(61)39(30-59)72-49(46)63/h8,10-11,14-15,17-22,27-29,39,46-49,59,61-63H,7,9,12-13,16,23-26,30H2,1-6H3,(H3-,53,54,60,64,66,67,68,69,70,71)/p+1. The Morgan fingerprint density at radius 2 is 1.59 bits per heavy atom. The number of allylic oxidation sites excluding steroid dienone is 6.